The fourth-order valence-electron chi connectivity index (χ4n) is 4.76. The topological polar surface area (TPSA) is 56.8 Å². The largest absolute Gasteiger partial charge is 0.417 e. The van der Waals surface area contributed by atoms with Gasteiger partial charge in [0.15, 0.2) is 5.01 Å². The van der Waals surface area contributed by atoms with Gasteiger partial charge in [-0.2, -0.15) is 13.2 Å². The van der Waals surface area contributed by atoms with E-state index in [9.17, 15) is 22.8 Å². The second-order valence-corrected chi connectivity index (χ2v) is 9.52. The van der Waals surface area contributed by atoms with Gasteiger partial charge in [0.1, 0.15) is 0 Å². The summed E-state index contributed by atoms with van der Waals surface area (Å²) in [6.45, 7) is 2.90. The van der Waals surface area contributed by atoms with Crippen molar-refractivity contribution in [3.8, 4) is 11.1 Å². The highest BCUT2D eigenvalue weighted by Crippen LogP contribution is 2.38. The lowest BCUT2D eigenvalue weighted by molar-refractivity contribution is -0.137. The van der Waals surface area contributed by atoms with Crippen LogP contribution in [0.15, 0.2) is 60.1 Å². The summed E-state index contributed by atoms with van der Waals surface area (Å²) in [6.07, 6.45) is -2.52. The zero-order chi connectivity index (χ0) is 24.6. The molecule has 5 rings (SSSR count). The van der Waals surface area contributed by atoms with Crippen LogP contribution in [-0.2, 0) is 11.0 Å². The number of rotatable bonds is 4. The highest BCUT2D eigenvalue weighted by atomic mass is 32.1. The number of amides is 2. The SMILES string of the molecule is O=C(c1nccs1)N1CCN(C2CC(=O)N(c3cccc(-c4ccccc4C(F)(F)F)c3)C2)CC1. The molecule has 182 valence electrons. The van der Waals surface area contributed by atoms with E-state index in [4.69, 9.17) is 0 Å². The van der Waals surface area contributed by atoms with Gasteiger partial charge in [0.2, 0.25) is 5.91 Å². The molecule has 0 saturated carbocycles. The highest BCUT2D eigenvalue weighted by molar-refractivity contribution is 7.11. The van der Waals surface area contributed by atoms with Gasteiger partial charge in [0.25, 0.3) is 5.91 Å². The first-order valence-electron chi connectivity index (χ1n) is 11.3. The number of carbonyl (C=O) groups excluding carboxylic acids is 2. The average molecular weight is 501 g/mol. The molecule has 3 heterocycles. The van der Waals surface area contributed by atoms with Crippen LogP contribution in [0, 0.1) is 0 Å². The number of alkyl halides is 3. The molecule has 10 heteroatoms. The molecule has 0 N–H and O–H groups in total. The van der Waals surface area contributed by atoms with E-state index in [-0.39, 0.29) is 23.4 Å². The molecule has 1 aromatic heterocycles. The third-order valence-electron chi connectivity index (χ3n) is 6.54. The molecule has 2 aromatic carbocycles. The van der Waals surface area contributed by atoms with Gasteiger partial charge in [-0.15, -0.1) is 11.3 Å². The van der Waals surface area contributed by atoms with Crippen LogP contribution in [0.4, 0.5) is 18.9 Å². The van der Waals surface area contributed by atoms with E-state index in [1.807, 2.05) is 0 Å². The van der Waals surface area contributed by atoms with Crippen molar-refractivity contribution in [1.29, 1.82) is 0 Å². The summed E-state index contributed by atoms with van der Waals surface area (Å²) in [5.41, 5.74) is 0.393. The number of anilines is 1. The Morgan fingerprint density at radius 3 is 2.51 bits per heavy atom. The number of hydrogen-bond donors (Lipinski definition) is 0. The molecule has 35 heavy (non-hydrogen) atoms. The average Bonchev–Trinajstić information content (AvgIpc) is 3.54. The van der Waals surface area contributed by atoms with Crippen LogP contribution in [0.1, 0.15) is 21.8 Å². The molecule has 0 bridgehead atoms. The predicted molar refractivity (Wildman–Crippen MR) is 127 cm³/mol. The molecule has 0 radical (unpaired) electrons. The minimum Gasteiger partial charge on any atom is -0.334 e. The number of benzene rings is 2. The Morgan fingerprint density at radius 2 is 1.80 bits per heavy atom. The van der Waals surface area contributed by atoms with Gasteiger partial charge in [0, 0.05) is 62.5 Å². The molecule has 0 aliphatic carbocycles. The van der Waals surface area contributed by atoms with E-state index in [1.165, 1.54) is 23.5 Å². The lowest BCUT2D eigenvalue weighted by atomic mass is 9.99. The van der Waals surface area contributed by atoms with Gasteiger partial charge >= 0.3 is 6.18 Å². The van der Waals surface area contributed by atoms with Crippen molar-refractivity contribution >= 4 is 28.8 Å². The molecule has 3 aromatic rings. The van der Waals surface area contributed by atoms with E-state index in [0.29, 0.717) is 55.4 Å². The van der Waals surface area contributed by atoms with E-state index in [1.54, 1.807) is 51.7 Å². The Kier molecular flexibility index (Phi) is 6.33. The normalized spacial score (nSPS) is 19.4. The Balaban J connectivity index is 1.28. The molecule has 0 spiro atoms. The van der Waals surface area contributed by atoms with Crippen molar-refractivity contribution in [3.63, 3.8) is 0 Å². The van der Waals surface area contributed by atoms with E-state index in [2.05, 4.69) is 9.88 Å². The molecule has 1 unspecified atom stereocenters. The quantitative estimate of drug-likeness (QED) is 0.533. The van der Waals surface area contributed by atoms with Gasteiger partial charge in [-0.05, 0) is 29.3 Å². The summed E-state index contributed by atoms with van der Waals surface area (Å²) in [5.74, 6) is -0.128. The minimum atomic E-state index is -4.47. The number of piperazine rings is 1. The molecule has 1 atom stereocenters. The molecule has 2 saturated heterocycles. The van der Waals surface area contributed by atoms with Crippen LogP contribution >= 0.6 is 11.3 Å². The maximum absolute atomic E-state index is 13.5. The fraction of sp³-hybridized carbons (Fsp3) is 0.320. The summed E-state index contributed by atoms with van der Waals surface area (Å²) >= 11 is 1.32. The number of carbonyl (C=O) groups is 2. The van der Waals surface area contributed by atoms with Crippen molar-refractivity contribution in [2.45, 2.75) is 18.6 Å². The van der Waals surface area contributed by atoms with Crippen LogP contribution in [0.5, 0.6) is 0 Å². The van der Waals surface area contributed by atoms with Crippen molar-refractivity contribution in [3.05, 3.63) is 70.7 Å². The van der Waals surface area contributed by atoms with E-state index >= 15 is 0 Å². The standard InChI is InChI=1S/C25H23F3N4O2S/c26-25(27,28)21-7-2-1-6-20(21)17-4-3-5-18(14-17)32-16-19(15-22(32)33)30-9-11-31(12-10-30)24(34)23-29-8-13-35-23/h1-8,13-14,19H,9-12,15-16H2. The molecule has 2 amide bonds. The summed E-state index contributed by atoms with van der Waals surface area (Å²) < 4.78 is 40.5. The Morgan fingerprint density at radius 1 is 1.03 bits per heavy atom. The summed E-state index contributed by atoms with van der Waals surface area (Å²) in [7, 11) is 0. The number of hydrogen-bond acceptors (Lipinski definition) is 5. The van der Waals surface area contributed by atoms with Crippen LogP contribution < -0.4 is 4.90 Å². The lowest BCUT2D eigenvalue weighted by Crippen LogP contribution is -2.52. The number of thiazole rings is 1. The second-order valence-electron chi connectivity index (χ2n) is 8.62. The number of nitrogens with zero attached hydrogens (tertiary/aromatic N) is 4. The van der Waals surface area contributed by atoms with Crippen molar-refractivity contribution in [2.75, 3.05) is 37.6 Å². The Hall–Kier alpha value is -3.24. The first-order chi connectivity index (χ1) is 16.8. The zero-order valence-corrected chi connectivity index (χ0v) is 19.6. The lowest BCUT2D eigenvalue weighted by Gasteiger charge is -2.37. The van der Waals surface area contributed by atoms with Crippen molar-refractivity contribution < 1.29 is 22.8 Å². The number of halogens is 3. The molecular formula is C25H23F3N4O2S. The Labute approximate surface area is 204 Å². The van der Waals surface area contributed by atoms with Crippen LogP contribution in [0.2, 0.25) is 0 Å². The van der Waals surface area contributed by atoms with E-state index in [0.717, 1.165) is 6.07 Å². The van der Waals surface area contributed by atoms with Gasteiger partial charge in [-0.25, -0.2) is 4.98 Å². The summed E-state index contributed by atoms with van der Waals surface area (Å²) in [6, 6.07) is 12.2. The van der Waals surface area contributed by atoms with Crippen LogP contribution in [0.25, 0.3) is 11.1 Å². The third kappa shape index (κ3) is 4.81. The van der Waals surface area contributed by atoms with Crippen molar-refractivity contribution in [1.82, 2.24) is 14.8 Å². The van der Waals surface area contributed by atoms with Gasteiger partial charge in [-0.3, -0.25) is 14.5 Å². The van der Waals surface area contributed by atoms with Crippen molar-refractivity contribution in [2.24, 2.45) is 0 Å². The van der Waals surface area contributed by atoms with Gasteiger partial charge in [-0.1, -0.05) is 30.3 Å². The monoisotopic (exact) mass is 500 g/mol. The number of aromatic nitrogens is 1. The van der Waals surface area contributed by atoms with E-state index < -0.39 is 11.7 Å². The maximum atomic E-state index is 13.5. The predicted octanol–water partition coefficient (Wildman–Crippen LogP) is 4.39. The molecule has 6 nitrogen and oxygen atoms in total. The molecule has 2 aliphatic rings. The highest BCUT2D eigenvalue weighted by Gasteiger charge is 2.37. The summed E-state index contributed by atoms with van der Waals surface area (Å²) in [5, 5.41) is 2.26. The third-order valence-corrected chi connectivity index (χ3v) is 7.30. The van der Waals surface area contributed by atoms with Gasteiger partial charge < -0.3 is 9.80 Å². The zero-order valence-electron chi connectivity index (χ0n) is 18.7. The van der Waals surface area contributed by atoms with Gasteiger partial charge in [0.05, 0.1) is 5.56 Å². The first-order valence-corrected chi connectivity index (χ1v) is 12.2. The molecule has 2 aliphatic heterocycles. The maximum Gasteiger partial charge on any atom is 0.417 e. The second kappa shape index (κ2) is 9.43. The fourth-order valence-corrected chi connectivity index (χ4v) is 5.36. The smallest absolute Gasteiger partial charge is 0.334 e. The van der Waals surface area contributed by atoms with Crippen LogP contribution in [0.3, 0.4) is 0 Å². The molecule has 2 fully saturated rings. The summed E-state index contributed by atoms with van der Waals surface area (Å²) in [4.78, 5) is 35.1. The minimum absolute atomic E-state index is 0.00858. The Bertz CT molecular complexity index is 1220. The first kappa shape index (κ1) is 23.5. The molecular weight excluding hydrogens is 477 g/mol. The van der Waals surface area contributed by atoms with Crippen LogP contribution in [-0.4, -0.2) is 65.4 Å².